The molecule has 0 saturated heterocycles. The number of aromatic nitrogens is 1. The summed E-state index contributed by atoms with van der Waals surface area (Å²) in [7, 11) is 0. The first-order valence-corrected chi connectivity index (χ1v) is 4.67. The number of nitrogen functional groups attached to an aromatic ring is 1. The van der Waals surface area contributed by atoms with Crippen molar-refractivity contribution in [2.45, 2.75) is 6.92 Å². The summed E-state index contributed by atoms with van der Waals surface area (Å²) < 4.78 is 4.98. The molecule has 0 unspecified atom stereocenters. The van der Waals surface area contributed by atoms with E-state index in [2.05, 4.69) is 4.37 Å². The van der Waals surface area contributed by atoms with Crippen LogP contribution < -0.4 is 5.73 Å². The van der Waals surface area contributed by atoms with E-state index >= 15 is 0 Å². The van der Waals surface area contributed by atoms with Crippen molar-refractivity contribution in [2.24, 2.45) is 0 Å². The first-order chi connectivity index (χ1) is 6.59. The van der Waals surface area contributed by atoms with Crippen molar-refractivity contribution < 1.29 is 4.92 Å². The van der Waals surface area contributed by atoms with Gasteiger partial charge >= 0.3 is 0 Å². The molecule has 1 aromatic heterocycles. The van der Waals surface area contributed by atoms with Crippen molar-refractivity contribution in [2.75, 3.05) is 5.73 Å². The Bertz CT molecular complexity index is 521. The van der Waals surface area contributed by atoms with Crippen molar-refractivity contribution in [3.63, 3.8) is 0 Å². The maximum atomic E-state index is 10.6. The molecule has 2 rings (SSSR count). The molecule has 0 aliphatic carbocycles. The van der Waals surface area contributed by atoms with Crippen LogP contribution in [0.25, 0.3) is 10.1 Å². The Morgan fingerprint density at radius 1 is 1.57 bits per heavy atom. The van der Waals surface area contributed by atoms with Gasteiger partial charge in [0, 0.05) is 11.5 Å². The Balaban J connectivity index is 2.80. The van der Waals surface area contributed by atoms with Crippen molar-refractivity contribution in [1.29, 1.82) is 0 Å². The van der Waals surface area contributed by atoms with Gasteiger partial charge in [-0.1, -0.05) is 0 Å². The molecule has 1 aromatic carbocycles. The zero-order valence-corrected chi connectivity index (χ0v) is 8.17. The normalized spacial score (nSPS) is 10.6. The van der Waals surface area contributed by atoms with Gasteiger partial charge in [-0.25, -0.2) is 0 Å². The Labute approximate surface area is 83.5 Å². The minimum atomic E-state index is -0.480. The number of aryl methyl sites for hydroxylation is 1. The molecule has 6 heteroatoms. The Hall–Kier alpha value is -1.69. The van der Waals surface area contributed by atoms with Crippen molar-refractivity contribution in [3.8, 4) is 0 Å². The van der Waals surface area contributed by atoms with Crippen molar-refractivity contribution >= 4 is 33.0 Å². The van der Waals surface area contributed by atoms with Crippen LogP contribution in [0.5, 0.6) is 0 Å². The van der Waals surface area contributed by atoms with E-state index in [-0.39, 0.29) is 11.4 Å². The highest BCUT2D eigenvalue weighted by molar-refractivity contribution is 7.13. The first-order valence-electron chi connectivity index (χ1n) is 3.89. The van der Waals surface area contributed by atoms with Gasteiger partial charge in [-0.15, -0.1) is 0 Å². The summed E-state index contributed by atoms with van der Waals surface area (Å²) in [6, 6.07) is 3.07. The summed E-state index contributed by atoms with van der Waals surface area (Å²) >= 11 is 1.30. The molecule has 72 valence electrons. The van der Waals surface area contributed by atoms with Crippen molar-refractivity contribution in [3.05, 3.63) is 27.9 Å². The smallest absolute Gasteiger partial charge is 0.292 e. The number of fused-ring (bicyclic) bond motifs is 1. The zero-order chi connectivity index (χ0) is 10.3. The van der Waals surface area contributed by atoms with Gasteiger partial charge in [0.2, 0.25) is 0 Å². The molecule has 0 saturated carbocycles. The van der Waals surface area contributed by atoms with Crippen LogP contribution in [-0.4, -0.2) is 9.30 Å². The molecule has 0 atom stereocenters. The van der Waals surface area contributed by atoms with E-state index in [0.29, 0.717) is 0 Å². The van der Waals surface area contributed by atoms with E-state index < -0.39 is 4.92 Å². The summed E-state index contributed by atoms with van der Waals surface area (Å²) in [4.78, 5) is 10.1. The van der Waals surface area contributed by atoms with Gasteiger partial charge in [0.15, 0.2) is 0 Å². The van der Waals surface area contributed by atoms with E-state index in [1.54, 1.807) is 6.07 Å². The lowest BCUT2D eigenvalue weighted by atomic mass is 10.2. The number of nitro benzene ring substituents is 1. The fourth-order valence-corrected chi connectivity index (χ4v) is 2.09. The first kappa shape index (κ1) is 8.89. The average molecular weight is 209 g/mol. The third kappa shape index (κ3) is 1.20. The number of nitrogens with two attached hydrogens (primary N) is 1. The van der Waals surface area contributed by atoms with Crippen LogP contribution >= 0.6 is 11.5 Å². The van der Waals surface area contributed by atoms with Gasteiger partial charge < -0.3 is 5.73 Å². The highest BCUT2D eigenvalue weighted by Crippen LogP contribution is 2.31. The highest BCUT2D eigenvalue weighted by atomic mass is 32.1. The second-order valence-corrected chi connectivity index (χ2v) is 3.74. The van der Waals surface area contributed by atoms with Gasteiger partial charge in [0.25, 0.3) is 5.69 Å². The third-order valence-corrected chi connectivity index (χ3v) is 2.90. The van der Waals surface area contributed by atoms with E-state index in [0.717, 1.165) is 15.8 Å². The molecular weight excluding hydrogens is 202 g/mol. The van der Waals surface area contributed by atoms with E-state index in [1.165, 1.54) is 17.6 Å². The molecule has 0 bridgehead atoms. The Morgan fingerprint density at radius 2 is 2.29 bits per heavy atom. The lowest BCUT2D eigenvalue weighted by Gasteiger charge is -1.96. The minimum absolute atomic E-state index is 0.0548. The van der Waals surface area contributed by atoms with Gasteiger partial charge in [0.1, 0.15) is 5.69 Å². The fourth-order valence-electron chi connectivity index (χ4n) is 1.27. The maximum Gasteiger partial charge on any atom is 0.292 e. The van der Waals surface area contributed by atoms with Crippen LogP contribution in [0, 0.1) is 17.0 Å². The lowest BCUT2D eigenvalue weighted by molar-refractivity contribution is -0.383. The molecule has 0 fully saturated rings. The second kappa shape index (κ2) is 2.91. The molecule has 0 amide bonds. The predicted molar refractivity (Wildman–Crippen MR) is 55.4 cm³/mol. The van der Waals surface area contributed by atoms with Crippen LogP contribution in [0.2, 0.25) is 0 Å². The molecule has 1 heterocycles. The summed E-state index contributed by atoms with van der Waals surface area (Å²) in [6.45, 7) is 1.82. The molecular formula is C8H7N3O2S. The molecule has 0 aliphatic rings. The number of nitro groups is 1. The molecule has 2 N–H and O–H groups in total. The fraction of sp³-hybridized carbons (Fsp3) is 0.125. The van der Waals surface area contributed by atoms with Gasteiger partial charge in [-0.05, 0) is 24.5 Å². The molecule has 0 spiro atoms. The monoisotopic (exact) mass is 209 g/mol. The highest BCUT2D eigenvalue weighted by Gasteiger charge is 2.14. The number of benzene rings is 1. The van der Waals surface area contributed by atoms with Gasteiger partial charge in [-0.2, -0.15) is 4.37 Å². The largest absolute Gasteiger partial charge is 0.393 e. The number of hydrogen-bond acceptors (Lipinski definition) is 5. The Morgan fingerprint density at radius 3 is 2.93 bits per heavy atom. The van der Waals surface area contributed by atoms with E-state index in [9.17, 15) is 10.1 Å². The summed E-state index contributed by atoms with van der Waals surface area (Å²) in [5.74, 6) is 0. The van der Waals surface area contributed by atoms with Crippen LogP contribution in [0.1, 0.15) is 5.69 Å². The van der Waals surface area contributed by atoms with Crippen LogP contribution in [0.4, 0.5) is 11.4 Å². The summed E-state index contributed by atoms with van der Waals surface area (Å²) in [6.07, 6.45) is 0. The van der Waals surface area contributed by atoms with Crippen LogP contribution in [-0.2, 0) is 0 Å². The van der Waals surface area contributed by atoms with Gasteiger partial charge in [0.05, 0.1) is 15.3 Å². The maximum absolute atomic E-state index is 10.6. The number of nitrogens with zero attached hydrogens (tertiary/aromatic N) is 2. The van der Waals surface area contributed by atoms with E-state index in [4.69, 9.17) is 5.73 Å². The quantitative estimate of drug-likeness (QED) is 0.443. The van der Waals surface area contributed by atoms with Crippen LogP contribution in [0.3, 0.4) is 0 Å². The summed E-state index contributed by atoms with van der Waals surface area (Å²) in [5.41, 5.74) is 6.46. The SMILES string of the molecule is Cc1nsc2cc(N)c([N+](=O)[O-])cc12. The topological polar surface area (TPSA) is 82.0 Å². The second-order valence-electron chi connectivity index (χ2n) is 2.93. The minimum Gasteiger partial charge on any atom is -0.393 e. The Kier molecular flexibility index (Phi) is 1.85. The molecule has 14 heavy (non-hydrogen) atoms. The summed E-state index contributed by atoms with van der Waals surface area (Å²) in [5, 5.41) is 11.4. The molecule has 0 radical (unpaired) electrons. The number of rotatable bonds is 1. The van der Waals surface area contributed by atoms with Crippen LogP contribution in [0.15, 0.2) is 12.1 Å². The number of hydrogen-bond donors (Lipinski definition) is 1. The molecule has 5 nitrogen and oxygen atoms in total. The van der Waals surface area contributed by atoms with Gasteiger partial charge in [-0.3, -0.25) is 10.1 Å². The van der Waals surface area contributed by atoms with Crippen molar-refractivity contribution in [1.82, 2.24) is 4.37 Å². The standard InChI is InChI=1S/C8H7N3O2S/c1-4-5-2-7(11(12)13)6(9)3-8(5)14-10-4/h2-3H,9H2,1H3. The molecule has 2 aromatic rings. The predicted octanol–water partition coefficient (Wildman–Crippen LogP) is 2.10. The third-order valence-electron chi connectivity index (χ3n) is 2.00. The zero-order valence-electron chi connectivity index (χ0n) is 7.35. The number of anilines is 1. The lowest BCUT2D eigenvalue weighted by Crippen LogP contribution is -1.94. The van der Waals surface area contributed by atoms with E-state index in [1.807, 2.05) is 6.92 Å². The molecule has 0 aliphatic heterocycles. The average Bonchev–Trinajstić information content (AvgIpc) is 2.46.